The Labute approximate surface area is 99.3 Å². The van der Waals surface area contributed by atoms with Crippen molar-refractivity contribution in [3.8, 4) is 0 Å². The van der Waals surface area contributed by atoms with Crippen LogP contribution in [0.15, 0.2) is 30.3 Å². The van der Waals surface area contributed by atoms with Crippen molar-refractivity contribution in [2.24, 2.45) is 0 Å². The van der Waals surface area contributed by atoms with Crippen molar-refractivity contribution in [1.82, 2.24) is 0 Å². The van der Waals surface area contributed by atoms with Gasteiger partial charge in [0, 0.05) is 0 Å². The molecule has 0 N–H and O–H groups in total. The Balaban J connectivity index is 0.000000386. The van der Waals surface area contributed by atoms with Crippen molar-refractivity contribution in [1.29, 1.82) is 0 Å². The first-order chi connectivity index (χ1) is 7.61. The fourth-order valence-electron chi connectivity index (χ4n) is 1.77. The number of aryl methyl sites for hydroxylation is 3. The summed E-state index contributed by atoms with van der Waals surface area (Å²) in [6.07, 6.45) is 1.25. The predicted octanol–water partition coefficient (Wildman–Crippen LogP) is 5.18. The number of hydrogen-bond acceptors (Lipinski definition) is 0. The molecule has 0 saturated carbocycles. The van der Waals surface area contributed by atoms with Gasteiger partial charge in [-0.2, -0.15) is 0 Å². The van der Waals surface area contributed by atoms with Gasteiger partial charge in [0.1, 0.15) is 0 Å². The highest BCUT2D eigenvalue weighted by Crippen LogP contribution is 2.23. The van der Waals surface area contributed by atoms with Crippen LogP contribution >= 0.6 is 0 Å². The molecular formula is C16H22. The number of hydrogen-bond donors (Lipinski definition) is 0. The lowest BCUT2D eigenvalue weighted by molar-refractivity contribution is 1.09. The summed E-state index contributed by atoms with van der Waals surface area (Å²) in [5.41, 5.74) is 4.14. The molecule has 0 aromatic heterocycles. The van der Waals surface area contributed by atoms with Crippen molar-refractivity contribution < 1.29 is 0 Å². The molecule has 0 heteroatoms. The topological polar surface area (TPSA) is 0 Å². The van der Waals surface area contributed by atoms with Crippen LogP contribution in [-0.2, 0) is 0 Å². The molecule has 0 radical (unpaired) electrons. The molecule has 0 spiro atoms. The lowest BCUT2D eigenvalue weighted by Crippen LogP contribution is -1.85. The van der Waals surface area contributed by atoms with E-state index in [1.165, 1.54) is 33.9 Å². The van der Waals surface area contributed by atoms with E-state index in [4.69, 9.17) is 0 Å². The zero-order valence-electron chi connectivity index (χ0n) is 11.1. The molecule has 0 heterocycles. The highest BCUT2D eigenvalue weighted by molar-refractivity contribution is 5.89. The van der Waals surface area contributed by atoms with E-state index in [-0.39, 0.29) is 0 Å². The van der Waals surface area contributed by atoms with Gasteiger partial charge in [-0.15, -0.1) is 0 Å². The summed E-state index contributed by atoms with van der Waals surface area (Å²) in [4.78, 5) is 0. The maximum atomic E-state index is 2.22. The molecule has 0 aliphatic heterocycles. The van der Waals surface area contributed by atoms with E-state index >= 15 is 0 Å². The second-order valence-electron chi connectivity index (χ2n) is 4.38. The van der Waals surface area contributed by atoms with Crippen molar-refractivity contribution in [2.45, 2.75) is 41.0 Å². The van der Waals surface area contributed by atoms with Gasteiger partial charge in [-0.25, -0.2) is 0 Å². The number of rotatable bonds is 0. The van der Waals surface area contributed by atoms with Crippen LogP contribution in [0.4, 0.5) is 0 Å². The minimum Gasteiger partial charge on any atom is -0.0656 e. The average Bonchev–Trinajstić information content (AvgIpc) is 2.25. The Morgan fingerprint density at radius 1 is 0.750 bits per heavy atom. The molecule has 0 aliphatic rings. The largest absolute Gasteiger partial charge is 0.0656 e. The maximum absolute atomic E-state index is 2.22. The summed E-state index contributed by atoms with van der Waals surface area (Å²) in [6, 6.07) is 10.9. The fraction of sp³-hybridized carbons (Fsp3) is 0.375. The molecule has 0 saturated heterocycles. The van der Waals surface area contributed by atoms with Gasteiger partial charge >= 0.3 is 0 Å². The van der Waals surface area contributed by atoms with Crippen LogP contribution in [0.3, 0.4) is 0 Å². The Morgan fingerprint density at radius 2 is 1.38 bits per heavy atom. The number of benzene rings is 2. The fourth-order valence-corrected chi connectivity index (χ4v) is 1.77. The van der Waals surface area contributed by atoms with E-state index < -0.39 is 0 Å². The minimum atomic E-state index is 1.25. The second kappa shape index (κ2) is 5.69. The van der Waals surface area contributed by atoms with Crippen LogP contribution in [-0.4, -0.2) is 0 Å². The predicted molar refractivity (Wildman–Crippen MR) is 74.1 cm³/mol. The second-order valence-corrected chi connectivity index (χ2v) is 4.38. The summed E-state index contributed by atoms with van der Waals surface area (Å²) >= 11 is 0. The van der Waals surface area contributed by atoms with Gasteiger partial charge in [-0.1, -0.05) is 50.6 Å². The van der Waals surface area contributed by atoms with Gasteiger partial charge in [-0.05, 0) is 48.2 Å². The summed E-state index contributed by atoms with van der Waals surface area (Å²) < 4.78 is 0. The average molecular weight is 214 g/mol. The van der Waals surface area contributed by atoms with E-state index in [1.54, 1.807) is 0 Å². The van der Waals surface area contributed by atoms with Crippen molar-refractivity contribution >= 4 is 10.8 Å². The standard InChI is InChI=1S/C13H14.C3H8/c1-9-7-8-12-10(2)5-4-6-13(12)11(9)3;1-3-2/h4-8H,1-3H3;3H2,1-2H3. The lowest BCUT2D eigenvalue weighted by atomic mass is 9.98. The molecule has 86 valence electrons. The molecule has 0 atom stereocenters. The van der Waals surface area contributed by atoms with Gasteiger partial charge in [-0.3, -0.25) is 0 Å². The zero-order chi connectivity index (χ0) is 12.1. The summed E-state index contributed by atoms with van der Waals surface area (Å²) in [5, 5.41) is 2.77. The van der Waals surface area contributed by atoms with E-state index in [1.807, 2.05) is 0 Å². The molecular weight excluding hydrogens is 192 g/mol. The van der Waals surface area contributed by atoms with Gasteiger partial charge in [0.15, 0.2) is 0 Å². The number of fused-ring (bicyclic) bond motifs is 1. The highest BCUT2D eigenvalue weighted by atomic mass is 14.1. The highest BCUT2D eigenvalue weighted by Gasteiger charge is 2.00. The molecule has 0 unspecified atom stereocenters. The van der Waals surface area contributed by atoms with E-state index in [9.17, 15) is 0 Å². The van der Waals surface area contributed by atoms with E-state index in [0.29, 0.717) is 0 Å². The first-order valence-electron chi connectivity index (χ1n) is 6.07. The van der Waals surface area contributed by atoms with Crippen LogP contribution in [0, 0.1) is 20.8 Å². The van der Waals surface area contributed by atoms with Gasteiger partial charge in [0.05, 0.1) is 0 Å². The van der Waals surface area contributed by atoms with Gasteiger partial charge in [0.2, 0.25) is 0 Å². The third-order valence-electron chi connectivity index (χ3n) is 2.82. The molecule has 2 aromatic rings. The molecule has 0 bridgehead atoms. The third kappa shape index (κ3) is 2.63. The van der Waals surface area contributed by atoms with Crippen LogP contribution in [0.25, 0.3) is 10.8 Å². The zero-order valence-corrected chi connectivity index (χ0v) is 11.1. The quantitative estimate of drug-likeness (QED) is 0.566. The Morgan fingerprint density at radius 3 is 2.00 bits per heavy atom. The molecule has 0 nitrogen and oxygen atoms in total. The molecule has 2 aromatic carbocycles. The van der Waals surface area contributed by atoms with Crippen molar-refractivity contribution in [3.05, 3.63) is 47.0 Å². The van der Waals surface area contributed by atoms with Crippen LogP contribution in [0.1, 0.15) is 37.0 Å². The molecule has 16 heavy (non-hydrogen) atoms. The lowest BCUT2D eigenvalue weighted by Gasteiger charge is -2.07. The molecule has 2 rings (SSSR count). The SMILES string of the molecule is CCC.Cc1ccc2c(C)cccc2c1C. The van der Waals surface area contributed by atoms with Crippen molar-refractivity contribution in [3.63, 3.8) is 0 Å². The first-order valence-corrected chi connectivity index (χ1v) is 6.07. The summed E-state index contributed by atoms with van der Waals surface area (Å²) in [6.45, 7) is 10.8. The molecule has 0 amide bonds. The normalized spacial score (nSPS) is 9.81. The molecule has 0 fully saturated rings. The smallest absolute Gasteiger partial charge is 0.0149 e. The van der Waals surface area contributed by atoms with E-state index in [2.05, 4.69) is 65.0 Å². The maximum Gasteiger partial charge on any atom is -0.0149 e. The monoisotopic (exact) mass is 214 g/mol. The Kier molecular flexibility index (Phi) is 4.54. The Hall–Kier alpha value is -1.30. The first kappa shape index (κ1) is 12.8. The third-order valence-corrected chi connectivity index (χ3v) is 2.82. The van der Waals surface area contributed by atoms with E-state index in [0.717, 1.165) is 0 Å². The van der Waals surface area contributed by atoms with Crippen LogP contribution in [0.2, 0.25) is 0 Å². The summed E-state index contributed by atoms with van der Waals surface area (Å²) in [7, 11) is 0. The van der Waals surface area contributed by atoms with Crippen molar-refractivity contribution in [2.75, 3.05) is 0 Å². The van der Waals surface area contributed by atoms with Crippen LogP contribution < -0.4 is 0 Å². The van der Waals surface area contributed by atoms with Gasteiger partial charge in [0.25, 0.3) is 0 Å². The van der Waals surface area contributed by atoms with Gasteiger partial charge < -0.3 is 0 Å². The van der Waals surface area contributed by atoms with Crippen LogP contribution in [0.5, 0.6) is 0 Å². The Bertz CT molecular complexity index is 467. The summed E-state index contributed by atoms with van der Waals surface area (Å²) in [5.74, 6) is 0. The minimum absolute atomic E-state index is 1.25. The molecule has 0 aliphatic carbocycles.